The maximum Gasteiger partial charge on any atom is 0.407 e. The van der Waals surface area contributed by atoms with Crippen LogP contribution in [0.3, 0.4) is 0 Å². The number of hydrogen-bond donors (Lipinski definition) is 1. The Hall–Kier alpha value is -2.56. The first-order valence-corrected chi connectivity index (χ1v) is 7.57. The van der Waals surface area contributed by atoms with Crippen molar-refractivity contribution in [3.63, 3.8) is 0 Å². The van der Waals surface area contributed by atoms with Crippen LogP contribution in [0, 0.1) is 0 Å². The number of benzene rings is 1. The molecule has 0 atom stereocenters. The second kappa shape index (κ2) is 7.63. The number of carbonyl (C=O) groups is 1. The highest BCUT2D eigenvalue weighted by molar-refractivity contribution is 5.67. The third kappa shape index (κ3) is 6.38. The highest BCUT2D eigenvalue weighted by Crippen LogP contribution is 2.20. The lowest BCUT2D eigenvalue weighted by molar-refractivity contribution is 0.0528. The van der Waals surface area contributed by atoms with Crippen LogP contribution in [0.5, 0.6) is 11.6 Å². The van der Waals surface area contributed by atoms with Crippen LogP contribution in [0.2, 0.25) is 0 Å². The van der Waals surface area contributed by atoms with E-state index < -0.39 is 11.7 Å². The van der Waals surface area contributed by atoms with Gasteiger partial charge in [-0.1, -0.05) is 18.2 Å². The molecule has 0 fully saturated rings. The van der Waals surface area contributed by atoms with Gasteiger partial charge < -0.3 is 14.8 Å². The van der Waals surface area contributed by atoms with E-state index in [1.54, 1.807) is 12.3 Å². The third-order valence-corrected chi connectivity index (χ3v) is 2.84. The van der Waals surface area contributed by atoms with E-state index in [9.17, 15) is 4.79 Å². The van der Waals surface area contributed by atoms with Crippen LogP contribution in [-0.2, 0) is 11.2 Å². The van der Waals surface area contributed by atoms with Gasteiger partial charge in [0.1, 0.15) is 11.4 Å². The summed E-state index contributed by atoms with van der Waals surface area (Å²) in [7, 11) is 0. The summed E-state index contributed by atoms with van der Waals surface area (Å²) in [6.45, 7) is 6.02. The maximum absolute atomic E-state index is 11.6. The highest BCUT2D eigenvalue weighted by Gasteiger charge is 2.15. The predicted octanol–water partition coefficient (Wildman–Crippen LogP) is 3.94. The van der Waals surface area contributed by atoms with Gasteiger partial charge in [0.05, 0.1) is 0 Å². The van der Waals surface area contributed by atoms with Crippen molar-refractivity contribution in [3.05, 3.63) is 54.2 Å². The summed E-state index contributed by atoms with van der Waals surface area (Å²) in [5.41, 5.74) is 0.579. The topological polar surface area (TPSA) is 60.5 Å². The molecule has 0 saturated heterocycles. The first-order valence-electron chi connectivity index (χ1n) is 7.57. The Bertz CT molecular complexity index is 636. The maximum atomic E-state index is 11.6. The minimum atomic E-state index is -0.486. The minimum Gasteiger partial charge on any atom is -0.444 e. The Morgan fingerprint density at radius 3 is 2.70 bits per heavy atom. The fourth-order valence-corrected chi connectivity index (χ4v) is 1.92. The summed E-state index contributed by atoms with van der Waals surface area (Å²) >= 11 is 0. The summed E-state index contributed by atoms with van der Waals surface area (Å²) < 4.78 is 10.9. The third-order valence-electron chi connectivity index (χ3n) is 2.84. The number of rotatable bonds is 5. The first kappa shape index (κ1) is 16.8. The molecule has 0 aliphatic heterocycles. The molecule has 1 amide bonds. The van der Waals surface area contributed by atoms with E-state index in [0.717, 1.165) is 11.3 Å². The van der Waals surface area contributed by atoms with Gasteiger partial charge in [-0.25, -0.2) is 9.78 Å². The Balaban J connectivity index is 1.84. The van der Waals surface area contributed by atoms with E-state index >= 15 is 0 Å². The largest absolute Gasteiger partial charge is 0.444 e. The highest BCUT2D eigenvalue weighted by atomic mass is 16.6. The average molecular weight is 314 g/mol. The predicted molar refractivity (Wildman–Crippen MR) is 88.7 cm³/mol. The molecule has 0 aliphatic carbocycles. The van der Waals surface area contributed by atoms with E-state index in [-0.39, 0.29) is 0 Å². The van der Waals surface area contributed by atoms with Crippen molar-refractivity contribution < 1.29 is 14.3 Å². The monoisotopic (exact) mass is 314 g/mol. The number of ether oxygens (including phenoxy) is 2. The number of alkyl carbamates (subject to hydrolysis) is 1. The Kier molecular flexibility index (Phi) is 5.57. The Morgan fingerprint density at radius 2 is 2.00 bits per heavy atom. The Labute approximate surface area is 136 Å². The summed E-state index contributed by atoms with van der Waals surface area (Å²) in [6.07, 6.45) is 1.97. The smallest absolute Gasteiger partial charge is 0.407 e. The van der Waals surface area contributed by atoms with Gasteiger partial charge in [-0.3, -0.25) is 0 Å². The number of aromatic nitrogens is 1. The standard InChI is InChI=1S/C18H22N2O3/c1-18(2,3)23-17(21)20-12-10-14-7-6-8-15(13-14)22-16-9-4-5-11-19-16/h4-9,11,13H,10,12H2,1-3H3,(H,20,21). The summed E-state index contributed by atoms with van der Waals surface area (Å²) in [6, 6.07) is 13.2. The van der Waals surface area contributed by atoms with Gasteiger partial charge >= 0.3 is 6.09 Å². The molecule has 0 bridgehead atoms. The normalized spacial score (nSPS) is 10.9. The van der Waals surface area contributed by atoms with Gasteiger partial charge in [0.2, 0.25) is 5.88 Å². The summed E-state index contributed by atoms with van der Waals surface area (Å²) in [5.74, 6) is 1.27. The number of nitrogens with one attached hydrogen (secondary N) is 1. The zero-order valence-corrected chi connectivity index (χ0v) is 13.7. The summed E-state index contributed by atoms with van der Waals surface area (Å²) in [5, 5.41) is 2.74. The van der Waals surface area contributed by atoms with Gasteiger partial charge in [-0.05, 0) is 51.0 Å². The molecule has 5 heteroatoms. The van der Waals surface area contributed by atoms with Crippen LogP contribution in [-0.4, -0.2) is 23.2 Å². The quantitative estimate of drug-likeness (QED) is 0.908. The van der Waals surface area contributed by atoms with Crippen LogP contribution in [0.1, 0.15) is 26.3 Å². The molecule has 1 aromatic heterocycles. The van der Waals surface area contributed by atoms with Crippen LogP contribution in [0.4, 0.5) is 4.79 Å². The zero-order chi connectivity index (χ0) is 16.7. The van der Waals surface area contributed by atoms with Crippen molar-refractivity contribution in [3.8, 4) is 11.6 Å². The number of hydrogen-bond acceptors (Lipinski definition) is 4. The molecule has 0 saturated carbocycles. The molecule has 1 aromatic carbocycles. The van der Waals surface area contributed by atoms with Crippen molar-refractivity contribution in [2.45, 2.75) is 32.8 Å². The SMILES string of the molecule is CC(C)(C)OC(=O)NCCc1cccc(Oc2ccccn2)c1. The van der Waals surface area contributed by atoms with E-state index in [0.29, 0.717) is 18.8 Å². The molecular formula is C18H22N2O3. The van der Waals surface area contributed by atoms with Gasteiger partial charge in [0.15, 0.2) is 0 Å². The van der Waals surface area contributed by atoms with Crippen molar-refractivity contribution >= 4 is 6.09 Å². The van der Waals surface area contributed by atoms with E-state index in [1.165, 1.54) is 0 Å². The van der Waals surface area contributed by atoms with Crippen molar-refractivity contribution in [2.75, 3.05) is 6.54 Å². The van der Waals surface area contributed by atoms with Crippen LogP contribution >= 0.6 is 0 Å². The molecule has 23 heavy (non-hydrogen) atoms. The van der Waals surface area contributed by atoms with Crippen molar-refractivity contribution in [2.24, 2.45) is 0 Å². The van der Waals surface area contributed by atoms with Crippen LogP contribution < -0.4 is 10.1 Å². The van der Waals surface area contributed by atoms with Gasteiger partial charge in [-0.15, -0.1) is 0 Å². The number of amides is 1. The van der Waals surface area contributed by atoms with E-state index in [4.69, 9.17) is 9.47 Å². The summed E-state index contributed by atoms with van der Waals surface area (Å²) in [4.78, 5) is 15.7. The van der Waals surface area contributed by atoms with Gasteiger partial charge in [0, 0.05) is 18.8 Å². The molecule has 5 nitrogen and oxygen atoms in total. The van der Waals surface area contributed by atoms with Gasteiger partial charge in [0.25, 0.3) is 0 Å². The molecule has 1 N–H and O–H groups in total. The molecule has 1 heterocycles. The molecular weight excluding hydrogens is 292 g/mol. The van der Waals surface area contributed by atoms with Crippen LogP contribution in [0.25, 0.3) is 0 Å². The molecule has 2 aromatic rings. The fourth-order valence-electron chi connectivity index (χ4n) is 1.92. The zero-order valence-electron chi connectivity index (χ0n) is 13.7. The lowest BCUT2D eigenvalue weighted by Crippen LogP contribution is -2.33. The van der Waals surface area contributed by atoms with Crippen LogP contribution in [0.15, 0.2) is 48.7 Å². The molecule has 0 radical (unpaired) electrons. The van der Waals surface area contributed by atoms with Crippen molar-refractivity contribution in [1.82, 2.24) is 10.3 Å². The lowest BCUT2D eigenvalue weighted by atomic mass is 10.1. The lowest BCUT2D eigenvalue weighted by Gasteiger charge is -2.19. The van der Waals surface area contributed by atoms with Gasteiger partial charge in [-0.2, -0.15) is 0 Å². The molecule has 0 unspecified atom stereocenters. The molecule has 0 aliphatic rings. The van der Waals surface area contributed by atoms with E-state index in [2.05, 4.69) is 10.3 Å². The first-order chi connectivity index (χ1) is 10.9. The second-order valence-electron chi connectivity index (χ2n) is 6.10. The minimum absolute atomic E-state index is 0.404. The molecule has 2 rings (SSSR count). The average Bonchev–Trinajstić information content (AvgIpc) is 2.47. The fraction of sp³-hybridized carbons (Fsp3) is 0.333. The molecule has 0 spiro atoms. The van der Waals surface area contributed by atoms with E-state index in [1.807, 2.05) is 57.2 Å². The number of nitrogens with zero attached hydrogens (tertiary/aromatic N) is 1. The molecule has 122 valence electrons. The Morgan fingerprint density at radius 1 is 1.17 bits per heavy atom. The van der Waals surface area contributed by atoms with Crippen molar-refractivity contribution in [1.29, 1.82) is 0 Å². The number of carbonyl (C=O) groups excluding carboxylic acids is 1. The second-order valence-corrected chi connectivity index (χ2v) is 6.10. The number of pyridine rings is 1.